The van der Waals surface area contributed by atoms with Crippen LogP contribution in [0.15, 0.2) is 53.9 Å². The van der Waals surface area contributed by atoms with E-state index in [9.17, 15) is 4.79 Å². The largest absolute Gasteiger partial charge is 0.454 e. The molecule has 1 N–H and O–H groups in total. The van der Waals surface area contributed by atoms with Gasteiger partial charge in [-0.2, -0.15) is 0 Å². The fraction of sp³-hybridized carbons (Fsp3) is 0.150. The fourth-order valence-corrected chi connectivity index (χ4v) is 4.62. The Bertz CT molecular complexity index is 964. The SMILES string of the molecule is O=C1C[C@H](c2ccc3c(c2)OCO3)c2scc(-c3ccccc3)c2N1. The Morgan fingerprint density at radius 1 is 1.04 bits per heavy atom. The van der Waals surface area contributed by atoms with Crippen LogP contribution in [0.3, 0.4) is 0 Å². The quantitative estimate of drug-likeness (QED) is 0.734. The summed E-state index contributed by atoms with van der Waals surface area (Å²) in [5.74, 6) is 1.61. The maximum absolute atomic E-state index is 12.4. The number of carbonyl (C=O) groups excluding carboxylic acids is 1. The molecule has 3 heterocycles. The average molecular weight is 349 g/mol. The van der Waals surface area contributed by atoms with Crippen LogP contribution in [0.5, 0.6) is 11.5 Å². The number of benzene rings is 2. The lowest BCUT2D eigenvalue weighted by atomic mass is 9.89. The molecule has 2 aromatic carbocycles. The smallest absolute Gasteiger partial charge is 0.231 e. The van der Waals surface area contributed by atoms with Crippen LogP contribution in [0.2, 0.25) is 0 Å². The number of fused-ring (bicyclic) bond motifs is 2. The molecule has 2 aliphatic rings. The van der Waals surface area contributed by atoms with Gasteiger partial charge in [-0.15, -0.1) is 11.3 Å². The number of ether oxygens (including phenoxy) is 2. The molecule has 4 nitrogen and oxygen atoms in total. The minimum atomic E-state index is 0.0423. The zero-order valence-corrected chi connectivity index (χ0v) is 14.1. The van der Waals surface area contributed by atoms with E-state index in [0.29, 0.717) is 6.42 Å². The number of rotatable bonds is 2. The summed E-state index contributed by atoms with van der Waals surface area (Å²) >= 11 is 1.70. The minimum Gasteiger partial charge on any atom is -0.454 e. The molecule has 124 valence electrons. The van der Waals surface area contributed by atoms with Crippen LogP contribution in [0.4, 0.5) is 5.69 Å². The topological polar surface area (TPSA) is 47.6 Å². The highest BCUT2D eigenvalue weighted by Crippen LogP contribution is 2.47. The van der Waals surface area contributed by atoms with Gasteiger partial charge in [0, 0.05) is 28.2 Å². The molecular formula is C20H15NO3S. The van der Waals surface area contributed by atoms with Crippen molar-refractivity contribution in [3.63, 3.8) is 0 Å². The lowest BCUT2D eigenvalue weighted by molar-refractivity contribution is -0.116. The fourth-order valence-electron chi connectivity index (χ4n) is 3.46. The van der Waals surface area contributed by atoms with E-state index in [2.05, 4.69) is 22.8 Å². The molecule has 1 amide bonds. The van der Waals surface area contributed by atoms with Crippen LogP contribution in [0, 0.1) is 0 Å². The Hall–Kier alpha value is -2.79. The summed E-state index contributed by atoms with van der Waals surface area (Å²) in [7, 11) is 0. The normalized spacial score (nSPS) is 17.9. The van der Waals surface area contributed by atoms with Gasteiger partial charge >= 0.3 is 0 Å². The van der Waals surface area contributed by atoms with Gasteiger partial charge in [-0.1, -0.05) is 36.4 Å². The van der Waals surface area contributed by atoms with Crippen LogP contribution in [-0.2, 0) is 4.79 Å². The molecule has 25 heavy (non-hydrogen) atoms. The van der Waals surface area contributed by atoms with Crippen molar-refractivity contribution in [2.75, 3.05) is 12.1 Å². The molecule has 0 aliphatic carbocycles. The predicted octanol–water partition coefficient (Wildman–Crippen LogP) is 4.62. The first-order valence-electron chi connectivity index (χ1n) is 8.16. The second-order valence-electron chi connectivity index (χ2n) is 6.17. The van der Waals surface area contributed by atoms with Crippen molar-refractivity contribution in [2.24, 2.45) is 0 Å². The molecule has 3 aromatic rings. The standard InChI is InChI=1S/C20H15NO3S/c22-18-9-14(13-6-7-16-17(8-13)24-11-23-16)20-19(21-18)15(10-25-20)12-4-2-1-3-5-12/h1-8,10,14H,9,11H2,(H,21,22)/t14-/m1/s1. The summed E-state index contributed by atoms with van der Waals surface area (Å²) in [4.78, 5) is 13.6. The van der Waals surface area contributed by atoms with Gasteiger partial charge in [-0.3, -0.25) is 4.79 Å². The Morgan fingerprint density at radius 2 is 1.88 bits per heavy atom. The van der Waals surface area contributed by atoms with E-state index in [1.165, 1.54) is 4.88 Å². The lowest BCUT2D eigenvalue weighted by Crippen LogP contribution is -2.22. The molecule has 5 rings (SSSR count). The molecule has 2 aliphatic heterocycles. The second kappa shape index (κ2) is 5.63. The van der Waals surface area contributed by atoms with Crippen molar-refractivity contribution >= 4 is 22.9 Å². The lowest BCUT2D eigenvalue weighted by Gasteiger charge is -2.24. The van der Waals surface area contributed by atoms with Crippen molar-refractivity contribution in [3.05, 3.63) is 64.4 Å². The molecule has 0 saturated carbocycles. The molecule has 0 spiro atoms. The predicted molar refractivity (Wildman–Crippen MR) is 97.4 cm³/mol. The first-order chi connectivity index (χ1) is 12.3. The van der Waals surface area contributed by atoms with Crippen LogP contribution in [0.25, 0.3) is 11.1 Å². The summed E-state index contributed by atoms with van der Waals surface area (Å²) < 4.78 is 10.9. The van der Waals surface area contributed by atoms with E-state index < -0.39 is 0 Å². The summed E-state index contributed by atoms with van der Waals surface area (Å²) in [6, 6.07) is 16.1. The molecule has 0 bridgehead atoms. The molecule has 1 aromatic heterocycles. The summed E-state index contributed by atoms with van der Waals surface area (Å²) in [6.07, 6.45) is 0.446. The van der Waals surface area contributed by atoms with Gasteiger partial charge in [-0.05, 0) is 23.3 Å². The number of thiophene rings is 1. The van der Waals surface area contributed by atoms with Gasteiger partial charge in [0.15, 0.2) is 11.5 Å². The highest BCUT2D eigenvalue weighted by molar-refractivity contribution is 7.11. The van der Waals surface area contributed by atoms with Crippen molar-refractivity contribution in [3.8, 4) is 22.6 Å². The van der Waals surface area contributed by atoms with E-state index in [-0.39, 0.29) is 18.6 Å². The van der Waals surface area contributed by atoms with Gasteiger partial charge in [-0.25, -0.2) is 0 Å². The van der Waals surface area contributed by atoms with Gasteiger partial charge in [0.25, 0.3) is 0 Å². The summed E-state index contributed by atoms with van der Waals surface area (Å²) in [6.45, 7) is 0.256. The molecule has 0 saturated heterocycles. The number of anilines is 1. The van der Waals surface area contributed by atoms with Gasteiger partial charge in [0.2, 0.25) is 12.7 Å². The monoisotopic (exact) mass is 349 g/mol. The van der Waals surface area contributed by atoms with Crippen LogP contribution in [-0.4, -0.2) is 12.7 Å². The van der Waals surface area contributed by atoms with Crippen molar-refractivity contribution < 1.29 is 14.3 Å². The second-order valence-corrected chi connectivity index (χ2v) is 7.08. The third-order valence-electron chi connectivity index (χ3n) is 4.67. The molecule has 0 radical (unpaired) electrons. The highest BCUT2D eigenvalue weighted by Gasteiger charge is 2.31. The van der Waals surface area contributed by atoms with E-state index in [1.807, 2.05) is 36.4 Å². The Labute approximate surface area is 149 Å². The summed E-state index contributed by atoms with van der Waals surface area (Å²) in [5.41, 5.74) is 4.22. The highest BCUT2D eigenvalue weighted by atomic mass is 32.1. The molecule has 5 heteroatoms. The van der Waals surface area contributed by atoms with Crippen molar-refractivity contribution in [1.29, 1.82) is 0 Å². The first-order valence-corrected chi connectivity index (χ1v) is 9.04. The van der Waals surface area contributed by atoms with Crippen LogP contribution in [0.1, 0.15) is 22.8 Å². The van der Waals surface area contributed by atoms with E-state index >= 15 is 0 Å². The maximum atomic E-state index is 12.4. The zero-order chi connectivity index (χ0) is 16.8. The number of nitrogens with one attached hydrogen (secondary N) is 1. The van der Waals surface area contributed by atoms with Crippen molar-refractivity contribution in [2.45, 2.75) is 12.3 Å². The maximum Gasteiger partial charge on any atom is 0.231 e. The number of carbonyl (C=O) groups is 1. The van der Waals surface area contributed by atoms with E-state index in [1.54, 1.807) is 11.3 Å². The minimum absolute atomic E-state index is 0.0423. The van der Waals surface area contributed by atoms with Crippen molar-refractivity contribution in [1.82, 2.24) is 0 Å². The first kappa shape index (κ1) is 14.5. The zero-order valence-electron chi connectivity index (χ0n) is 13.3. The van der Waals surface area contributed by atoms with Crippen LogP contribution < -0.4 is 14.8 Å². The third-order valence-corrected chi connectivity index (χ3v) is 5.77. The van der Waals surface area contributed by atoms with Gasteiger partial charge in [0.1, 0.15) is 0 Å². The molecule has 0 unspecified atom stereocenters. The Balaban J connectivity index is 1.60. The van der Waals surface area contributed by atoms with Gasteiger partial charge < -0.3 is 14.8 Å². The number of hydrogen-bond donors (Lipinski definition) is 1. The van der Waals surface area contributed by atoms with Gasteiger partial charge in [0.05, 0.1) is 5.69 Å². The average Bonchev–Trinajstić information content (AvgIpc) is 3.27. The number of hydrogen-bond acceptors (Lipinski definition) is 4. The molecule has 0 fully saturated rings. The van der Waals surface area contributed by atoms with E-state index in [0.717, 1.165) is 33.9 Å². The van der Waals surface area contributed by atoms with E-state index in [4.69, 9.17) is 9.47 Å². The summed E-state index contributed by atoms with van der Waals surface area (Å²) in [5, 5.41) is 5.21. The molecular weight excluding hydrogens is 334 g/mol. The molecule has 1 atom stereocenters. The number of amides is 1. The Morgan fingerprint density at radius 3 is 2.76 bits per heavy atom. The Kier molecular flexibility index (Phi) is 3.28. The van der Waals surface area contributed by atoms with Crippen LogP contribution >= 0.6 is 11.3 Å². The third kappa shape index (κ3) is 2.39.